The van der Waals surface area contributed by atoms with Gasteiger partial charge in [-0.3, -0.25) is 0 Å². The lowest BCUT2D eigenvalue weighted by molar-refractivity contribution is 0.389. The zero-order valence-corrected chi connectivity index (χ0v) is 12.2. The van der Waals surface area contributed by atoms with Crippen LogP contribution >= 0.6 is 12.2 Å². The van der Waals surface area contributed by atoms with Crippen LogP contribution in [0.5, 0.6) is 0 Å². The fraction of sp³-hybridized carbons (Fsp3) is 0.909. The second kappa shape index (κ2) is 5.71. The number of thiocarbonyl (C=S) groups is 1. The Morgan fingerprint density at radius 2 is 2.06 bits per heavy atom. The molecule has 104 valence electrons. The predicted octanol–water partition coefficient (Wildman–Crippen LogP) is 0.188. The summed E-state index contributed by atoms with van der Waals surface area (Å²) >= 11 is 5.21. The van der Waals surface area contributed by atoms with Crippen LogP contribution in [0.4, 0.5) is 0 Å². The van der Waals surface area contributed by atoms with Crippen molar-refractivity contribution >= 4 is 27.4 Å². The van der Waals surface area contributed by atoms with Crippen LogP contribution in [0.2, 0.25) is 0 Å². The third-order valence-corrected chi connectivity index (χ3v) is 4.82. The number of hydrogen-bond donors (Lipinski definition) is 3. The molecule has 3 N–H and O–H groups in total. The first-order valence-electron chi connectivity index (χ1n) is 6.43. The molecule has 2 aliphatic rings. The van der Waals surface area contributed by atoms with Gasteiger partial charge in [0.05, 0.1) is 6.26 Å². The van der Waals surface area contributed by atoms with Gasteiger partial charge in [-0.05, 0) is 43.3 Å². The van der Waals surface area contributed by atoms with E-state index in [1.807, 2.05) is 0 Å². The van der Waals surface area contributed by atoms with Crippen LogP contribution in [-0.4, -0.2) is 38.9 Å². The van der Waals surface area contributed by atoms with E-state index in [4.69, 9.17) is 12.2 Å². The smallest absolute Gasteiger partial charge is 0.208 e. The summed E-state index contributed by atoms with van der Waals surface area (Å²) < 4.78 is 24.1. The van der Waals surface area contributed by atoms with Crippen molar-refractivity contribution in [2.24, 2.45) is 11.8 Å². The van der Waals surface area contributed by atoms with Crippen molar-refractivity contribution in [3.05, 3.63) is 0 Å². The van der Waals surface area contributed by atoms with Gasteiger partial charge in [-0.25, -0.2) is 13.1 Å². The Morgan fingerprint density at radius 3 is 2.61 bits per heavy atom. The van der Waals surface area contributed by atoms with Gasteiger partial charge in [-0.1, -0.05) is 6.42 Å². The highest BCUT2D eigenvalue weighted by Gasteiger charge is 2.39. The molecule has 0 spiro atoms. The molecular formula is C11H21N3O2S2. The van der Waals surface area contributed by atoms with Crippen LogP contribution in [0.25, 0.3) is 0 Å². The first-order chi connectivity index (χ1) is 8.44. The Kier molecular flexibility index (Phi) is 4.45. The minimum Gasteiger partial charge on any atom is -0.361 e. The molecule has 0 heterocycles. The maximum Gasteiger partial charge on any atom is 0.208 e. The number of nitrogens with one attached hydrogen (secondary N) is 3. The van der Waals surface area contributed by atoms with E-state index in [0.717, 1.165) is 18.1 Å². The molecular weight excluding hydrogens is 270 g/mol. The lowest BCUT2D eigenvalue weighted by Gasteiger charge is -2.24. The molecule has 2 bridgehead atoms. The molecule has 0 aliphatic heterocycles. The van der Waals surface area contributed by atoms with Gasteiger partial charge in [-0.2, -0.15) is 0 Å². The van der Waals surface area contributed by atoms with Gasteiger partial charge in [0, 0.05) is 19.1 Å². The SMILES string of the molecule is CS(=O)(=O)NCCNC(=S)N[C@@H]1C[C@H]2CC[C@H]1C2. The third-order valence-electron chi connectivity index (χ3n) is 3.83. The highest BCUT2D eigenvalue weighted by atomic mass is 32.2. The average Bonchev–Trinajstić information content (AvgIpc) is 2.85. The van der Waals surface area contributed by atoms with Crippen LogP contribution in [-0.2, 0) is 10.0 Å². The van der Waals surface area contributed by atoms with Gasteiger partial charge < -0.3 is 10.6 Å². The van der Waals surface area contributed by atoms with E-state index in [0.29, 0.717) is 24.2 Å². The first-order valence-corrected chi connectivity index (χ1v) is 8.73. The van der Waals surface area contributed by atoms with Crippen LogP contribution in [0.1, 0.15) is 25.7 Å². The normalized spacial score (nSPS) is 30.4. The molecule has 0 amide bonds. The fourth-order valence-corrected chi connectivity index (χ4v) is 3.78. The summed E-state index contributed by atoms with van der Waals surface area (Å²) in [7, 11) is -3.11. The molecule has 0 radical (unpaired) electrons. The lowest BCUT2D eigenvalue weighted by atomic mass is 9.96. The van der Waals surface area contributed by atoms with Crippen molar-refractivity contribution in [1.29, 1.82) is 0 Å². The highest BCUT2D eigenvalue weighted by molar-refractivity contribution is 7.88. The number of fused-ring (bicyclic) bond motifs is 2. The predicted molar refractivity (Wildman–Crippen MR) is 75.8 cm³/mol. The monoisotopic (exact) mass is 291 g/mol. The van der Waals surface area contributed by atoms with E-state index in [1.165, 1.54) is 25.7 Å². The third kappa shape index (κ3) is 4.07. The molecule has 0 saturated heterocycles. The van der Waals surface area contributed by atoms with Gasteiger partial charge in [0.2, 0.25) is 10.0 Å². The minimum atomic E-state index is -3.11. The molecule has 3 atom stereocenters. The quantitative estimate of drug-likeness (QED) is 0.498. The lowest BCUT2D eigenvalue weighted by Crippen LogP contribution is -2.46. The summed E-state index contributed by atoms with van der Waals surface area (Å²) in [6.07, 6.45) is 6.42. The summed E-state index contributed by atoms with van der Waals surface area (Å²) in [5, 5.41) is 7.03. The number of sulfonamides is 1. The van der Waals surface area contributed by atoms with Gasteiger partial charge in [0.25, 0.3) is 0 Å². The molecule has 18 heavy (non-hydrogen) atoms. The number of rotatable bonds is 5. The van der Waals surface area contributed by atoms with Crippen LogP contribution < -0.4 is 15.4 Å². The molecule has 2 rings (SSSR count). The van der Waals surface area contributed by atoms with Crippen LogP contribution in [0, 0.1) is 11.8 Å². The van der Waals surface area contributed by atoms with E-state index in [2.05, 4.69) is 15.4 Å². The molecule has 0 unspecified atom stereocenters. The Morgan fingerprint density at radius 1 is 1.28 bits per heavy atom. The van der Waals surface area contributed by atoms with Crippen molar-refractivity contribution in [3.8, 4) is 0 Å². The summed E-state index contributed by atoms with van der Waals surface area (Å²) in [5.74, 6) is 1.67. The molecule has 7 heteroatoms. The zero-order valence-electron chi connectivity index (χ0n) is 10.6. The molecule has 2 saturated carbocycles. The summed E-state index contributed by atoms with van der Waals surface area (Å²) in [5.41, 5.74) is 0. The summed E-state index contributed by atoms with van der Waals surface area (Å²) in [6, 6.07) is 0.520. The summed E-state index contributed by atoms with van der Waals surface area (Å²) in [6.45, 7) is 0.872. The molecule has 0 aromatic carbocycles. The molecule has 0 aromatic rings. The minimum absolute atomic E-state index is 0.359. The highest BCUT2D eigenvalue weighted by Crippen LogP contribution is 2.44. The largest absolute Gasteiger partial charge is 0.361 e. The average molecular weight is 291 g/mol. The van der Waals surface area contributed by atoms with Crippen LogP contribution in [0.3, 0.4) is 0 Å². The van der Waals surface area contributed by atoms with E-state index < -0.39 is 10.0 Å². The first kappa shape index (κ1) is 14.0. The standard InChI is InChI=1S/C11H21N3O2S2/c1-18(15,16)13-5-4-12-11(17)14-10-7-8-2-3-9(10)6-8/h8-10,13H,2-7H2,1H3,(H2,12,14,17)/t8-,9-,10+/m0/s1. The van der Waals surface area contributed by atoms with Crippen molar-refractivity contribution < 1.29 is 8.42 Å². The van der Waals surface area contributed by atoms with Gasteiger partial charge in [0.1, 0.15) is 0 Å². The van der Waals surface area contributed by atoms with Crippen LogP contribution in [0.15, 0.2) is 0 Å². The van der Waals surface area contributed by atoms with E-state index >= 15 is 0 Å². The topological polar surface area (TPSA) is 70.2 Å². The maximum atomic E-state index is 10.9. The van der Waals surface area contributed by atoms with Crippen molar-refractivity contribution in [3.63, 3.8) is 0 Å². The molecule has 2 fully saturated rings. The Bertz CT molecular complexity index is 411. The van der Waals surface area contributed by atoms with E-state index in [-0.39, 0.29) is 0 Å². The zero-order chi connectivity index (χ0) is 13.2. The molecule has 0 aromatic heterocycles. The van der Waals surface area contributed by atoms with E-state index in [9.17, 15) is 8.42 Å². The van der Waals surface area contributed by atoms with Crippen molar-refractivity contribution in [2.75, 3.05) is 19.3 Å². The summed E-state index contributed by atoms with van der Waals surface area (Å²) in [4.78, 5) is 0. The number of hydrogen-bond acceptors (Lipinski definition) is 3. The second-order valence-electron chi connectivity index (χ2n) is 5.35. The maximum absolute atomic E-state index is 10.9. The van der Waals surface area contributed by atoms with Gasteiger partial charge in [0.15, 0.2) is 5.11 Å². The van der Waals surface area contributed by atoms with E-state index in [1.54, 1.807) is 0 Å². The van der Waals surface area contributed by atoms with Crippen molar-refractivity contribution in [1.82, 2.24) is 15.4 Å². The van der Waals surface area contributed by atoms with Gasteiger partial charge in [-0.15, -0.1) is 0 Å². The Balaban J connectivity index is 1.61. The fourth-order valence-electron chi connectivity index (χ4n) is 3.05. The second-order valence-corrected chi connectivity index (χ2v) is 7.59. The molecule has 5 nitrogen and oxygen atoms in total. The molecule has 2 aliphatic carbocycles. The Hall–Kier alpha value is -0.400. The van der Waals surface area contributed by atoms with Gasteiger partial charge >= 0.3 is 0 Å². The Labute approximate surface area is 114 Å². The van der Waals surface area contributed by atoms with Crippen molar-refractivity contribution in [2.45, 2.75) is 31.7 Å².